The molecule has 0 aromatic rings. The lowest BCUT2D eigenvalue weighted by Gasteiger charge is -2.35. The lowest BCUT2D eigenvalue weighted by atomic mass is 10.00. The summed E-state index contributed by atoms with van der Waals surface area (Å²) in [5.74, 6) is -0.184. The van der Waals surface area contributed by atoms with Crippen molar-refractivity contribution < 1.29 is 14.7 Å². The molecule has 1 heterocycles. The molecule has 1 aliphatic heterocycles. The van der Waals surface area contributed by atoms with Gasteiger partial charge in [-0.2, -0.15) is 0 Å². The monoisotopic (exact) mass is 268 g/mol. The van der Waals surface area contributed by atoms with Crippen molar-refractivity contribution in [3.8, 4) is 0 Å². The van der Waals surface area contributed by atoms with E-state index in [9.17, 15) is 9.59 Å². The number of aliphatic carboxylic acids is 1. The van der Waals surface area contributed by atoms with Gasteiger partial charge in [0.05, 0.1) is 6.42 Å². The van der Waals surface area contributed by atoms with Crippen LogP contribution in [-0.2, 0) is 4.79 Å². The van der Waals surface area contributed by atoms with E-state index in [1.54, 1.807) is 4.90 Å². The van der Waals surface area contributed by atoms with Gasteiger partial charge in [0.15, 0.2) is 0 Å². The van der Waals surface area contributed by atoms with Crippen molar-refractivity contribution in [1.82, 2.24) is 10.2 Å². The second kappa shape index (κ2) is 6.26. The molecular weight excluding hydrogens is 244 g/mol. The van der Waals surface area contributed by atoms with Gasteiger partial charge in [0.2, 0.25) is 0 Å². The second-order valence-electron chi connectivity index (χ2n) is 5.78. The van der Waals surface area contributed by atoms with Crippen LogP contribution < -0.4 is 5.32 Å². The number of carbonyl (C=O) groups excluding carboxylic acids is 1. The molecule has 0 aromatic carbocycles. The van der Waals surface area contributed by atoms with Crippen molar-refractivity contribution in [2.24, 2.45) is 5.92 Å². The number of piperidine rings is 1. The number of nitrogens with zero attached hydrogens (tertiary/aromatic N) is 1. The maximum atomic E-state index is 12.2. The van der Waals surface area contributed by atoms with Gasteiger partial charge in [-0.15, -0.1) is 0 Å². The van der Waals surface area contributed by atoms with Crippen LogP contribution in [0.4, 0.5) is 4.79 Å². The summed E-state index contributed by atoms with van der Waals surface area (Å²) in [6.07, 6.45) is 6.28. The molecule has 5 nitrogen and oxygen atoms in total. The smallest absolute Gasteiger partial charge is 0.317 e. The molecule has 3 atom stereocenters. The maximum absolute atomic E-state index is 12.2. The molecule has 0 radical (unpaired) electrons. The number of hydrogen-bond donors (Lipinski definition) is 2. The SMILES string of the molecule is CCCC1CC1NC(=O)N1CCCCC1CC(=O)O. The number of urea groups is 1. The summed E-state index contributed by atoms with van der Waals surface area (Å²) in [6.45, 7) is 2.85. The first-order valence-corrected chi connectivity index (χ1v) is 7.40. The van der Waals surface area contributed by atoms with Crippen LogP contribution >= 0.6 is 0 Å². The van der Waals surface area contributed by atoms with E-state index in [2.05, 4.69) is 12.2 Å². The number of carbonyl (C=O) groups is 2. The highest BCUT2D eigenvalue weighted by Gasteiger charge is 2.39. The standard InChI is InChI=1S/C14H24N2O3/c1-2-5-10-8-12(10)15-14(19)16-7-4-3-6-11(16)9-13(17)18/h10-12H,2-9H2,1H3,(H,15,19)(H,17,18). The quantitative estimate of drug-likeness (QED) is 0.803. The van der Waals surface area contributed by atoms with Crippen LogP contribution in [0.5, 0.6) is 0 Å². The third-order valence-electron chi connectivity index (χ3n) is 4.19. The van der Waals surface area contributed by atoms with E-state index in [0.717, 1.165) is 32.1 Å². The minimum absolute atomic E-state index is 0.0606. The Morgan fingerprint density at radius 2 is 2.16 bits per heavy atom. The molecule has 0 spiro atoms. The van der Waals surface area contributed by atoms with Crippen LogP contribution in [-0.4, -0.2) is 40.6 Å². The van der Waals surface area contributed by atoms with Gasteiger partial charge in [0.1, 0.15) is 0 Å². The fraction of sp³-hybridized carbons (Fsp3) is 0.857. The first-order valence-electron chi connectivity index (χ1n) is 7.40. The Kier molecular flexibility index (Phi) is 4.66. The van der Waals surface area contributed by atoms with E-state index < -0.39 is 5.97 Å². The van der Waals surface area contributed by atoms with Gasteiger partial charge in [-0.05, 0) is 38.0 Å². The Hall–Kier alpha value is -1.26. The fourth-order valence-electron chi connectivity index (χ4n) is 3.04. The molecule has 1 saturated heterocycles. The Labute approximate surface area is 114 Å². The second-order valence-corrected chi connectivity index (χ2v) is 5.78. The van der Waals surface area contributed by atoms with Gasteiger partial charge in [-0.25, -0.2) is 4.79 Å². The van der Waals surface area contributed by atoms with Gasteiger partial charge in [-0.3, -0.25) is 4.79 Å². The summed E-state index contributed by atoms with van der Waals surface area (Å²) in [5, 5.41) is 12.0. The topological polar surface area (TPSA) is 69.6 Å². The van der Waals surface area contributed by atoms with Crippen molar-refractivity contribution in [2.45, 2.75) is 64.0 Å². The predicted octanol–water partition coefficient (Wildman–Crippen LogP) is 2.21. The number of hydrogen-bond acceptors (Lipinski definition) is 2. The predicted molar refractivity (Wildman–Crippen MR) is 71.9 cm³/mol. The van der Waals surface area contributed by atoms with Crippen LogP contribution in [0.1, 0.15) is 51.9 Å². The van der Waals surface area contributed by atoms with Crippen LogP contribution in [0, 0.1) is 5.92 Å². The zero-order valence-electron chi connectivity index (χ0n) is 11.6. The zero-order chi connectivity index (χ0) is 13.8. The van der Waals surface area contributed by atoms with Gasteiger partial charge in [0, 0.05) is 18.6 Å². The fourth-order valence-corrected chi connectivity index (χ4v) is 3.04. The van der Waals surface area contributed by atoms with E-state index in [-0.39, 0.29) is 18.5 Å². The molecule has 1 aliphatic carbocycles. The van der Waals surface area contributed by atoms with Crippen LogP contribution in [0.25, 0.3) is 0 Å². The number of carboxylic acids is 1. The Bertz CT molecular complexity index is 346. The minimum atomic E-state index is -0.819. The van der Waals surface area contributed by atoms with Crippen LogP contribution in [0.15, 0.2) is 0 Å². The highest BCUT2D eigenvalue weighted by Crippen LogP contribution is 2.35. The number of rotatable bonds is 5. The van der Waals surface area contributed by atoms with Gasteiger partial charge in [-0.1, -0.05) is 13.3 Å². The van der Waals surface area contributed by atoms with Gasteiger partial charge in [0.25, 0.3) is 0 Å². The molecule has 1 saturated carbocycles. The number of amides is 2. The lowest BCUT2D eigenvalue weighted by Crippen LogP contribution is -2.50. The van der Waals surface area contributed by atoms with E-state index in [1.165, 1.54) is 6.42 Å². The largest absolute Gasteiger partial charge is 0.481 e. The average Bonchev–Trinajstić information content (AvgIpc) is 3.07. The molecule has 2 amide bonds. The number of likely N-dealkylation sites (tertiary alicyclic amines) is 1. The normalized spacial score (nSPS) is 29.9. The van der Waals surface area contributed by atoms with E-state index in [1.807, 2.05) is 0 Å². The summed E-state index contributed by atoms with van der Waals surface area (Å²) in [7, 11) is 0. The minimum Gasteiger partial charge on any atom is -0.481 e. The first-order chi connectivity index (χ1) is 9.11. The Morgan fingerprint density at radius 1 is 1.37 bits per heavy atom. The first kappa shape index (κ1) is 14.2. The summed E-state index contributed by atoms with van der Waals surface area (Å²) in [6, 6.07) is 0.129. The van der Waals surface area contributed by atoms with Crippen LogP contribution in [0.3, 0.4) is 0 Å². The Balaban J connectivity index is 1.84. The summed E-state index contributed by atoms with van der Waals surface area (Å²) < 4.78 is 0. The van der Waals surface area contributed by atoms with E-state index in [4.69, 9.17) is 5.11 Å². The van der Waals surface area contributed by atoms with Crippen molar-refractivity contribution in [1.29, 1.82) is 0 Å². The number of nitrogens with one attached hydrogen (secondary N) is 1. The summed E-state index contributed by atoms with van der Waals surface area (Å²) in [5.41, 5.74) is 0. The van der Waals surface area contributed by atoms with Crippen LogP contribution in [0.2, 0.25) is 0 Å². The highest BCUT2D eigenvalue weighted by atomic mass is 16.4. The number of carboxylic acid groups (broad SMARTS) is 1. The van der Waals surface area contributed by atoms with Gasteiger partial charge < -0.3 is 15.3 Å². The molecule has 3 unspecified atom stereocenters. The van der Waals surface area contributed by atoms with E-state index in [0.29, 0.717) is 18.5 Å². The van der Waals surface area contributed by atoms with Crippen molar-refractivity contribution in [3.05, 3.63) is 0 Å². The molecule has 2 fully saturated rings. The molecule has 2 N–H and O–H groups in total. The Morgan fingerprint density at radius 3 is 2.84 bits per heavy atom. The summed E-state index contributed by atoms with van der Waals surface area (Å²) in [4.78, 5) is 24.8. The summed E-state index contributed by atoms with van der Waals surface area (Å²) >= 11 is 0. The third kappa shape index (κ3) is 3.85. The van der Waals surface area contributed by atoms with Crippen molar-refractivity contribution in [3.63, 3.8) is 0 Å². The highest BCUT2D eigenvalue weighted by molar-refractivity contribution is 5.76. The molecule has 19 heavy (non-hydrogen) atoms. The molecule has 0 aromatic heterocycles. The molecule has 108 valence electrons. The van der Waals surface area contributed by atoms with Crippen molar-refractivity contribution >= 4 is 12.0 Å². The average molecular weight is 268 g/mol. The van der Waals surface area contributed by atoms with E-state index >= 15 is 0 Å². The molecule has 2 aliphatic rings. The molecule has 2 rings (SSSR count). The molecule has 0 bridgehead atoms. The van der Waals surface area contributed by atoms with Gasteiger partial charge >= 0.3 is 12.0 Å². The third-order valence-corrected chi connectivity index (χ3v) is 4.19. The molecular formula is C14H24N2O3. The lowest BCUT2D eigenvalue weighted by molar-refractivity contribution is -0.138. The molecule has 5 heteroatoms. The zero-order valence-corrected chi connectivity index (χ0v) is 11.6. The maximum Gasteiger partial charge on any atom is 0.317 e. The van der Waals surface area contributed by atoms with Crippen molar-refractivity contribution in [2.75, 3.05) is 6.54 Å².